The minimum Gasteiger partial charge on any atom is -0.384 e. The van der Waals surface area contributed by atoms with E-state index in [1.165, 1.54) is 0 Å². The van der Waals surface area contributed by atoms with Crippen LogP contribution in [0.2, 0.25) is 0 Å². The Bertz CT molecular complexity index is 530. The Morgan fingerprint density at radius 3 is 2.68 bits per heavy atom. The van der Waals surface area contributed by atoms with Crippen molar-refractivity contribution in [2.24, 2.45) is 5.73 Å². The number of urea groups is 1. The van der Waals surface area contributed by atoms with E-state index in [9.17, 15) is 13.2 Å². The molecule has 0 fully saturated rings. The number of primary amides is 1. The summed E-state index contributed by atoms with van der Waals surface area (Å²) in [7, 11) is -3.95. The number of nitrogens with one attached hydrogen (secondary N) is 2. The quantitative estimate of drug-likeness (QED) is 0.534. The maximum Gasteiger partial charge on any atom is 0.312 e. The number of rotatable bonds is 7. The summed E-state index contributed by atoms with van der Waals surface area (Å²) in [5, 5.41) is 5.37. The van der Waals surface area contributed by atoms with Crippen LogP contribution in [0.4, 0.5) is 10.5 Å². The molecular weight excluding hydrogens is 270 g/mol. The minimum atomic E-state index is -3.95. The van der Waals surface area contributed by atoms with E-state index in [1.54, 1.807) is 6.07 Å². The summed E-state index contributed by atoms with van der Waals surface area (Å²) in [6, 6.07) is 6.76. The van der Waals surface area contributed by atoms with Crippen LogP contribution in [-0.2, 0) is 16.5 Å². The van der Waals surface area contributed by atoms with Gasteiger partial charge in [0.15, 0.2) is 0 Å². The summed E-state index contributed by atoms with van der Waals surface area (Å²) < 4.78 is 29.7. The standard InChI is InChI=1S/C11H17N3O4S/c12-11(15)14-5-4-9-2-1-3-10(8-9)13-6-7-19(16,17)18/h1-3,8,13H,4-7H2,(H3,12,14,15)(H,16,17,18). The molecule has 0 aromatic heterocycles. The van der Waals surface area contributed by atoms with E-state index in [-0.39, 0.29) is 12.3 Å². The second-order valence-corrected chi connectivity index (χ2v) is 5.53. The maximum absolute atomic E-state index is 10.6. The van der Waals surface area contributed by atoms with Crippen LogP contribution in [0.15, 0.2) is 24.3 Å². The fourth-order valence-electron chi connectivity index (χ4n) is 1.49. The number of anilines is 1. The van der Waals surface area contributed by atoms with E-state index in [4.69, 9.17) is 10.3 Å². The van der Waals surface area contributed by atoms with Crippen LogP contribution in [-0.4, -0.2) is 37.8 Å². The zero-order valence-electron chi connectivity index (χ0n) is 10.3. The van der Waals surface area contributed by atoms with Crippen molar-refractivity contribution in [1.82, 2.24) is 5.32 Å². The second-order valence-electron chi connectivity index (χ2n) is 3.95. The van der Waals surface area contributed by atoms with Gasteiger partial charge >= 0.3 is 6.03 Å². The molecule has 0 saturated heterocycles. The van der Waals surface area contributed by atoms with Crippen LogP contribution in [0.1, 0.15) is 5.56 Å². The van der Waals surface area contributed by atoms with Gasteiger partial charge in [-0.2, -0.15) is 8.42 Å². The molecule has 2 amide bonds. The molecule has 1 aromatic rings. The first-order valence-corrected chi connectivity index (χ1v) is 7.29. The number of benzene rings is 1. The summed E-state index contributed by atoms with van der Waals surface area (Å²) in [5.41, 5.74) is 6.68. The van der Waals surface area contributed by atoms with Gasteiger partial charge in [0.25, 0.3) is 10.1 Å². The van der Waals surface area contributed by atoms with Crippen molar-refractivity contribution in [1.29, 1.82) is 0 Å². The Morgan fingerprint density at radius 2 is 2.05 bits per heavy atom. The summed E-state index contributed by atoms with van der Waals surface area (Å²) in [6.07, 6.45) is 0.622. The Morgan fingerprint density at radius 1 is 1.32 bits per heavy atom. The topological polar surface area (TPSA) is 122 Å². The molecule has 1 aromatic carbocycles. The molecule has 0 aliphatic heterocycles. The number of hydrogen-bond acceptors (Lipinski definition) is 4. The predicted octanol–water partition coefficient (Wildman–Crippen LogP) is 0.197. The third-order valence-corrected chi connectivity index (χ3v) is 3.05. The average Bonchev–Trinajstić information content (AvgIpc) is 2.27. The van der Waals surface area contributed by atoms with Gasteiger partial charge < -0.3 is 16.4 Å². The Hall–Kier alpha value is -1.80. The molecule has 0 aliphatic carbocycles. The number of carbonyl (C=O) groups excluding carboxylic acids is 1. The molecule has 106 valence electrons. The van der Waals surface area contributed by atoms with Gasteiger partial charge in [-0.15, -0.1) is 0 Å². The molecular formula is C11H17N3O4S. The molecule has 0 saturated carbocycles. The first-order chi connectivity index (χ1) is 8.87. The van der Waals surface area contributed by atoms with Crippen LogP contribution >= 0.6 is 0 Å². The lowest BCUT2D eigenvalue weighted by Crippen LogP contribution is -2.30. The van der Waals surface area contributed by atoms with Gasteiger partial charge in [0.1, 0.15) is 0 Å². The van der Waals surface area contributed by atoms with E-state index in [0.29, 0.717) is 13.0 Å². The summed E-state index contributed by atoms with van der Waals surface area (Å²) in [5.74, 6) is -0.347. The first-order valence-electron chi connectivity index (χ1n) is 5.68. The fraction of sp³-hybridized carbons (Fsp3) is 0.364. The van der Waals surface area contributed by atoms with Gasteiger partial charge in [0.2, 0.25) is 0 Å². The smallest absolute Gasteiger partial charge is 0.312 e. The van der Waals surface area contributed by atoms with Crippen molar-refractivity contribution in [3.8, 4) is 0 Å². The van der Waals surface area contributed by atoms with Gasteiger partial charge in [-0.25, -0.2) is 4.79 Å². The molecule has 0 unspecified atom stereocenters. The molecule has 0 atom stereocenters. The van der Waals surface area contributed by atoms with E-state index < -0.39 is 16.1 Å². The molecule has 0 radical (unpaired) electrons. The molecule has 0 heterocycles. The summed E-state index contributed by atoms with van der Waals surface area (Å²) in [6.45, 7) is 0.561. The van der Waals surface area contributed by atoms with Gasteiger partial charge in [-0.1, -0.05) is 12.1 Å². The summed E-state index contributed by atoms with van der Waals surface area (Å²) in [4.78, 5) is 10.5. The van der Waals surface area contributed by atoms with Crippen LogP contribution in [0, 0.1) is 0 Å². The van der Waals surface area contributed by atoms with Crippen LogP contribution in [0.5, 0.6) is 0 Å². The third-order valence-electron chi connectivity index (χ3n) is 2.33. The second kappa shape index (κ2) is 6.95. The Labute approximate surface area is 111 Å². The Kier molecular flexibility index (Phi) is 5.58. The van der Waals surface area contributed by atoms with Crippen LogP contribution in [0.25, 0.3) is 0 Å². The fourth-order valence-corrected chi connectivity index (χ4v) is 1.85. The van der Waals surface area contributed by atoms with Gasteiger partial charge in [-0.3, -0.25) is 4.55 Å². The van der Waals surface area contributed by atoms with Crippen molar-refractivity contribution in [3.63, 3.8) is 0 Å². The van der Waals surface area contributed by atoms with Crippen molar-refractivity contribution >= 4 is 21.8 Å². The van der Waals surface area contributed by atoms with Gasteiger partial charge in [0, 0.05) is 18.8 Å². The van der Waals surface area contributed by atoms with Crippen molar-refractivity contribution < 1.29 is 17.8 Å². The van der Waals surface area contributed by atoms with Crippen LogP contribution < -0.4 is 16.4 Å². The lowest BCUT2D eigenvalue weighted by atomic mass is 10.1. The zero-order valence-corrected chi connectivity index (χ0v) is 11.1. The highest BCUT2D eigenvalue weighted by atomic mass is 32.2. The average molecular weight is 287 g/mol. The molecule has 7 nitrogen and oxygen atoms in total. The Balaban J connectivity index is 2.45. The largest absolute Gasteiger partial charge is 0.384 e. The lowest BCUT2D eigenvalue weighted by molar-refractivity contribution is 0.249. The molecule has 8 heteroatoms. The molecule has 0 aliphatic rings. The molecule has 19 heavy (non-hydrogen) atoms. The lowest BCUT2D eigenvalue weighted by Gasteiger charge is -2.08. The van der Waals surface area contributed by atoms with Gasteiger partial charge in [0.05, 0.1) is 5.75 Å². The highest BCUT2D eigenvalue weighted by molar-refractivity contribution is 7.85. The minimum absolute atomic E-state index is 0.127. The SMILES string of the molecule is NC(=O)NCCc1cccc(NCCS(=O)(=O)O)c1. The van der Waals surface area contributed by atoms with E-state index in [2.05, 4.69) is 10.6 Å². The highest BCUT2D eigenvalue weighted by Gasteiger charge is 2.03. The number of nitrogens with two attached hydrogens (primary N) is 1. The van der Waals surface area contributed by atoms with E-state index >= 15 is 0 Å². The zero-order chi connectivity index (χ0) is 14.3. The molecule has 0 bridgehead atoms. The van der Waals surface area contributed by atoms with Crippen molar-refractivity contribution in [2.45, 2.75) is 6.42 Å². The molecule has 0 spiro atoms. The number of amides is 2. The molecule has 5 N–H and O–H groups in total. The third kappa shape index (κ3) is 7.27. The monoisotopic (exact) mass is 287 g/mol. The first kappa shape index (κ1) is 15.3. The van der Waals surface area contributed by atoms with Crippen LogP contribution in [0.3, 0.4) is 0 Å². The highest BCUT2D eigenvalue weighted by Crippen LogP contribution is 2.10. The summed E-state index contributed by atoms with van der Waals surface area (Å²) >= 11 is 0. The normalized spacial score (nSPS) is 11.0. The van der Waals surface area contributed by atoms with Crippen molar-refractivity contribution in [2.75, 3.05) is 24.2 Å². The van der Waals surface area contributed by atoms with E-state index in [0.717, 1.165) is 11.3 Å². The number of carbonyl (C=O) groups is 1. The number of hydrogen-bond donors (Lipinski definition) is 4. The van der Waals surface area contributed by atoms with Crippen molar-refractivity contribution in [3.05, 3.63) is 29.8 Å². The molecule has 1 rings (SSSR count). The predicted molar refractivity (Wildman–Crippen MR) is 72.6 cm³/mol. The maximum atomic E-state index is 10.6. The van der Waals surface area contributed by atoms with E-state index in [1.807, 2.05) is 18.2 Å². The van der Waals surface area contributed by atoms with Gasteiger partial charge in [-0.05, 0) is 24.1 Å².